The summed E-state index contributed by atoms with van der Waals surface area (Å²) in [7, 11) is 0. The van der Waals surface area contributed by atoms with Crippen LogP contribution in [0.3, 0.4) is 0 Å². The second-order valence-corrected chi connectivity index (χ2v) is 5.93. The van der Waals surface area contributed by atoms with Gasteiger partial charge in [0.05, 0.1) is 6.04 Å². The molecule has 0 spiro atoms. The van der Waals surface area contributed by atoms with Crippen molar-refractivity contribution in [1.29, 1.82) is 0 Å². The van der Waals surface area contributed by atoms with Gasteiger partial charge in [-0.15, -0.1) is 17.9 Å². The third-order valence-corrected chi connectivity index (χ3v) is 4.53. The van der Waals surface area contributed by atoms with Crippen LogP contribution in [-0.4, -0.2) is 28.4 Å². The maximum atomic E-state index is 12.5. The molecular weight excluding hydrogens is 258 g/mol. The van der Waals surface area contributed by atoms with Crippen LogP contribution in [0, 0.1) is 0 Å². The first-order chi connectivity index (χ1) is 9.13. The van der Waals surface area contributed by atoms with E-state index < -0.39 is 0 Å². The van der Waals surface area contributed by atoms with Crippen LogP contribution in [0.4, 0.5) is 0 Å². The molecule has 1 atom stereocenters. The fourth-order valence-electron chi connectivity index (χ4n) is 2.49. The van der Waals surface area contributed by atoms with Crippen molar-refractivity contribution in [3.05, 3.63) is 28.7 Å². The molecule has 2 N–H and O–H groups in total. The number of hydrogen-bond donors (Lipinski definition) is 1. The Balaban J connectivity index is 2.15. The van der Waals surface area contributed by atoms with Crippen molar-refractivity contribution in [3.8, 4) is 0 Å². The fraction of sp³-hybridized carbons (Fsp3) is 0.571. The van der Waals surface area contributed by atoms with Crippen LogP contribution in [0.5, 0.6) is 0 Å². The number of rotatable bonds is 5. The second kappa shape index (κ2) is 6.30. The van der Waals surface area contributed by atoms with Gasteiger partial charge in [0, 0.05) is 18.0 Å². The Hall–Kier alpha value is -1.20. The first-order valence-electron chi connectivity index (χ1n) is 6.76. The molecule has 1 amide bonds. The lowest BCUT2D eigenvalue weighted by Gasteiger charge is -2.27. The Bertz CT molecular complexity index is 449. The smallest absolute Gasteiger partial charge is 0.273 e. The Morgan fingerprint density at radius 1 is 1.68 bits per heavy atom. The average Bonchev–Trinajstić information content (AvgIpc) is 3.05. The van der Waals surface area contributed by atoms with Gasteiger partial charge < -0.3 is 10.6 Å². The average molecular weight is 279 g/mol. The molecule has 0 aromatic carbocycles. The summed E-state index contributed by atoms with van der Waals surface area (Å²) in [6.45, 7) is 6.22. The van der Waals surface area contributed by atoms with E-state index in [9.17, 15) is 4.79 Å². The summed E-state index contributed by atoms with van der Waals surface area (Å²) in [6.07, 6.45) is 6.37. The third-order valence-electron chi connectivity index (χ3n) is 3.48. The molecule has 0 saturated heterocycles. The molecule has 5 heteroatoms. The van der Waals surface area contributed by atoms with Gasteiger partial charge in [-0.25, -0.2) is 4.98 Å². The molecule has 1 heterocycles. The number of hydrogen-bond acceptors (Lipinski definition) is 4. The van der Waals surface area contributed by atoms with Crippen LogP contribution in [0.25, 0.3) is 0 Å². The van der Waals surface area contributed by atoms with E-state index in [1.807, 2.05) is 17.2 Å². The normalized spacial score (nSPS) is 17.4. The molecule has 0 bridgehead atoms. The number of aromatic nitrogens is 1. The topological polar surface area (TPSA) is 59.2 Å². The SMILES string of the molecule is C=CCN(C(=O)c1csc(C(C)N)n1)C1CCCC1. The summed E-state index contributed by atoms with van der Waals surface area (Å²) < 4.78 is 0. The van der Waals surface area contributed by atoms with E-state index in [1.54, 1.807) is 6.08 Å². The highest BCUT2D eigenvalue weighted by Gasteiger charge is 2.27. The number of amides is 1. The summed E-state index contributed by atoms with van der Waals surface area (Å²) in [5.41, 5.74) is 6.31. The molecule has 1 aliphatic rings. The molecule has 1 aliphatic carbocycles. The van der Waals surface area contributed by atoms with E-state index in [0.29, 0.717) is 18.3 Å². The number of nitrogens with zero attached hydrogens (tertiary/aromatic N) is 2. The van der Waals surface area contributed by atoms with Crippen molar-refractivity contribution in [3.63, 3.8) is 0 Å². The monoisotopic (exact) mass is 279 g/mol. The number of thiazole rings is 1. The van der Waals surface area contributed by atoms with Crippen LogP contribution >= 0.6 is 11.3 Å². The molecule has 2 rings (SSSR count). The van der Waals surface area contributed by atoms with E-state index in [-0.39, 0.29) is 11.9 Å². The molecule has 1 aromatic heterocycles. The zero-order valence-corrected chi connectivity index (χ0v) is 12.2. The molecule has 1 saturated carbocycles. The van der Waals surface area contributed by atoms with Crippen molar-refractivity contribution < 1.29 is 4.79 Å². The van der Waals surface area contributed by atoms with Crippen molar-refractivity contribution in [2.24, 2.45) is 5.73 Å². The molecular formula is C14H21N3OS. The van der Waals surface area contributed by atoms with Gasteiger partial charge in [0.15, 0.2) is 0 Å². The number of carbonyl (C=O) groups is 1. The fourth-order valence-corrected chi connectivity index (χ4v) is 3.25. The summed E-state index contributed by atoms with van der Waals surface area (Å²) in [6, 6.07) is 0.219. The Kier molecular flexibility index (Phi) is 4.71. The molecule has 1 aromatic rings. The van der Waals surface area contributed by atoms with Gasteiger partial charge >= 0.3 is 0 Å². The molecule has 0 radical (unpaired) electrons. The lowest BCUT2D eigenvalue weighted by molar-refractivity contribution is 0.0701. The zero-order chi connectivity index (χ0) is 13.8. The lowest BCUT2D eigenvalue weighted by atomic mass is 10.2. The van der Waals surface area contributed by atoms with Crippen LogP contribution < -0.4 is 5.73 Å². The molecule has 1 fully saturated rings. The van der Waals surface area contributed by atoms with Gasteiger partial charge in [0.25, 0.3) is 5.91 Å². The van der Waals surface area contributed by atoms with Gasteiger partial charge in [-0.1, -0.05) is 18.9 Å². The van der Waals surface area contributed by atoms with E-state index in [2.05, 4.69) is 11.6 Å². The molecule has 1 unspecified atom stereocenters. The standard InChI is InChI=1S/C14H21N3OS/c1-3-8-17(11-6-4-5-7-11)14(18)12-9-19-13(16-12)10(2)15/h3,9-11H,1,4-8,15H2,2H3. The minimum atomic E-state index is -0.120. The maximum Gasteiger partial charge on any atom is 0.273 e. The number of nitrogens with two attached hydrogens (primary N) is 1. The largest absolute Gasteiger partial charge is 0.331 e. The van der Waals surface area contributed by atoms with Crippen LogP contribution in [0.15, 0.2) is 18.0 Å². The van der Waals surface area contributed by atoms with Gasteiger partial charge in [-0.05, 0) is 19.8 Å². The molecule has 0 aliphatic heterocycles. The Morgan fingerprint density at radius 2 is 2.37 bits per heavy atom. The second-order valence-electron chi connectivity index (χ2n) is 5.04. The van der Waals surface area contributed by atoms with Crippen molar-refractivity contribution in [1.82, 2.24) is 9.88 Å². The highest BCUT2D eigenvalue weighted by atomic mass is 32.1. The van der Waals surface area contributed by atoms with Crippen molar-refractivity contribution in [2.75, 3.05) is 6.54 Å². The van der Waals surface area contributed by atoms with Crippen LogP contribution in [-0.2, 0) is 0 Å². The highest BCUT2D eigenvalue weighted by Crippen LogP contribution is 2.25. The Morgan fingerprint density at radius 3 is 2.89 bits per heavy atom. The first-order valence-corrected chi connectivity index (χ1v) is 7.64. The lowest BCUT2D eigenvalue weighted by Crippen LogP contribution is -2.39. The Labute approximate surface area is 118 Å². The minimum Gasteiger partial charge on any atom is -0.331 e. The predicted octanol–water partition coefficient (Wildman–Crippen LogP) is 2.73. The van der Waals surface area contributed by atoms with E-state index in [1.165, 1.54) is 24.2 Å². The third kappa shape index (κ3) is 3.22. The quantitative estimate of drug-likeness (QED) is 0.843. The van der Waals surface area contributed by atoms with E-state index in [4.69, 9.17) is 5.73 Å². The minimum absolute atomic E-state index is 0.00921. The number of carbonyl (C=O) groups excluding carboxylic acids is 1. The van der Waals surface area contributed by atoms with Crippen molar-refractivity contribution in [2.45, 2.75) is 44.7 Å². The molecule has 19 heavy (non-hydrogen) atoms. The molecule has 104 valence electrons. The van der Waals surface area contributed by atoms with Gasteiger partial charge in [0.2, 0.25) is 0 Å². The van der Waals surface area contributed by atoms with E-state index >= 15 is 0 Å². The van der Waals surface area contributed by atoms with Crippen molar-refractivity contribution >= 4 is 17.2 Å². The van der Waals surface area contributed by atoms with Gasteiger partial charge in [-0.2, -0.15) is 0 Å². The van der Waals surface area contributed by atoms with Gasteiger partial charge in [0.1, 0.15) is 10.7 Å². The van der Waals surface area contributed by atoms with E-state index in [0.717, 1.165) is 17.8 Å². The van der Waals surface area contributed by atoms with Crippen LogP contribution in [0.2, 0.25) is 0 Å². The first kappa shape index (κ1) is 14.2. The maximum absolute atomic E-state index is 12.5. The highest BCUT2D eigenvalue weighted by molar-refractivity contribution is 7.09. The molecule has 4 nitrogen and oxygen atoms in total. The zero-order valence-electron chi connectivity index (χ0n) is 11.3. The predicted molar refractivity (Wildman–Crippen MR) is 78.2 cm³/mol. The van der Waals surface area contributed by atoms with Gasteiger partial charge in [-0.3, -0.25) is 4.79 Å². The summed E-state index contributed by atoms with van der Waals surface area (Å²) in [5, 5.41) is 2.62. The summed E-state index contributed by atoms with van der Waals surface area (Å²) in [4.78, 5) is 18.8. The summed E-state index contributed by atoms with van der Waals surface area (Å²) in [5.74, 6) is 0.00921. The summed E-state index contributed by atoms with van der Waals surface area (Å²) >= 11 is 1.45. The van der Waals surface area contributed by atoms with Crippen LogP contribution in [0.1, 0.15) is 54.1 Å².